The first-order valence-corrected chi connectivity index (χ1v) is 11.5. The van der Waals surface area contributed by atoms with E-state index in [1.165, 1.54) is 23.2 Å². The largest absolute Gasteiger partial charge is 0.330 e. The summed E-state index contributed by atoms with van der Waals surface area (Å²) in [5.41, 5.74) is 3.93. The van der Waals surface area contributed by atoms with E-state index in [-0.39, 0.29) is 5.56 Å². The van der Waals surface area contributed by atoms with Gasteiger partial charge >= 0.3 is 0 Å². The third kappa shape index (κ3) is 5.17. The number of fused-ring (bicyclic) bond motifs is 1. The molecule has 0 saturated carbocycles. The minimum absolute atomic E-state index is 0.238. The van der Waals surface area contributed by atoms with E-state index < -0.39 is 11.7 Å². The number of likely N-dealkylation sites (tertiary alicyclic amines) is 1. The van der Waals surface area contributed by atoms with E-state index in [9.17, 15) is 13.2 Å². The Morgan fingerprint density at radius 3 is 2.56 bits per heavy atom. The maximum Gasteiger partial charge on any atom is 0.270 e. The first kappa shape index (κ1) is 22.8. The normalized spacial score (nSPS) is 16.2. The van der Waals surface area contributed by atoms with Crippen LogP contribution in [0, 0.1) is 18.7 Å². The van der Waals surface area contributed by atoms with Gasteiger partial charge in [0, 0.05) is 19.5 Å². The zero-order valence-corrected chi connectivity index (χ0v) is 19.2. The smallest absolute Gasteiger partial charge is 0.270 e. The van der Waals surface area contributed by atoms with Crippen LogP contribution in [-0.2, 0) is 25.9 Å². The topological polar surface area (TPSA) is 21.1 Å². The Morgan fingerprint density at radius 2 is 1.88 bits per heavy atom. The number of hydrogen-bond acceptors (Lipinski definition) is 2. The second-order valence-electron chi connectivity index (χ2n) is 9.38. The highest BCUT2D eigenvalue weighted by molar-refractivity contribution is 5.79. The maximum absolute atomic E-state index is 13.7. The monoisotopic (exact) mass is 443 g/mol. The Balaban J connectivity index is 1.27. The number of aromatic nitrogens is 2. The molecule has 172 valence electrons. The van der Waals surface area contributed by atoms with E-state index >= 15 is 0 Å². The number of rotatable bonds is 7. The number of imidazole rings is 1. The van der Waals surface area contributed by atoms with Gasteiger partial charge in [0.25, 0.3) is 5.92 Å². The lowest BCUT2D eigenvalue weighted by atomic mass is 9.90. The SMILES string of the molecule is Cc1cccc2nc(CN3CCC(CCCc4cc(F)cc(C(C)(F)F)c4)CC3)n(C)c12. The molecular formula is C26H32F3N3. The van der Waals surface area contributed by atoms with Crippen LogP contribution in [0.25, 0.3) is 11.0 Å². The number of halogens is 3. The molecule has 1 aliphatic heterocycles. The molecule has 4 rings (SSSR count). The average Bonchev–Trinajstić information content (AvgIpc) is 3.05. The lowest BCUT2D eigenvalue weighted by Gasteiger charge is -2.31. The summed E-state index contributed by atoms with van der Waals surface area (Å²) in [6, 6.07) is 10.0. The third-order valence-corrected chi connectivity index (χ3v) is 6.80. The van der Waals surface area contributed by atoms with Crippen molar-refractivity contribution in [2.75, 3.05) is 13.1 Å². The number of hydrogen-bond donors (Lipinski definition) is 0. The molecule has 1 aliphatic rings. The summed E-state index contributed by atoms with van der Waals surface area (Å²) in [4.78, 5) is 7.31. The first-order valence-electron chi connectivity index (χ1n) is 11.5. The van der Waals surface area contributed by atoms with Crippen molar-refractivity contribution < 1.29 is 13.2 Å². The number of piperidine rings is 1. The van der Waals surface area contributed by atoms with Crippen LogP contribution in [0.1, 0.15) is 55.1 Å². The molecule has 3 nitrogen and oxygen atoms in total. The summed E-state index contributed by atoms with van der Waals surface area (Å²) >= 11 is 0. The van der Waals surface area contributed by atoms with E-state index in [1.807, 2.05) is 0 Å². The minimum atomic E-state index is -3.01. The Morgan fingerprint density at radius 1 is 1.12 bits per heavy atom. The summed E-state index contributed by atoms with van der Waals surface area (Å²) in [6.45, 7) is 5.87. The van der Waals surface area contributed by atoms with Crippen molar-refractivity contribution in [3.8, 4) is 0 Å². The summed E-state index contributed by atoms with van der Waals surface area (Å²) in [5, 5.41) is 0. The second-order valence-corrected chi connectivity index (χ2v) is 9.38. The molecule has 1 fully saturated rings. The van der Waals surface area contributed by atoms with Crippen LogP contribution in [0.3, 0.4) is 0 Å². The number of aryl methyl sites for hydroxylation is 3. The molecule has 0 unspecified atom stereocenters. The molecule has 2 heterocycles. The molecule has 0 spiro atoms. The summed E-state index contributed by atoms with van der Waals surface area (Å²) in [7, 11) is 2.09. The molecule has 2 aromatic carbocycles. The molecule has 6 heteroatoms. The van der Waals surface area contributed by atoms with Gasteiger partial charge in [-0.15, -0.1) is 0 Å². The molecule has 0 radical (unpaired) electrons. The second kappa shape index (κ2) is 9.26. The van der Waals surface area contributed by atoms with Gasteiger partial charge in [-0.3, -0.25) is 4.90 Å². The van der Waals surface area contributed by atoms with E-state index in [2.05, 4.69) is 41.6 Å². The van der Waals surface area contributed by atoms with Crippen LogP contribution in [-0.4, -0.2) is 27.5 Å². The molecule has 1 saturated heterocycles. The molecule has 0 bridgehead atoms. The fourth-order valence-electron chi connectivity index (χ4n) is 4.93. The molecular weight excluding hydrogens is 411 g/mol. The van der Waals surface area contributed by atoms with Gasteiger partial charge in [0.2, 0.25) is 0 Å². The zero-order chi connectivity index (χ0) is 22.9. The quantitative estimate of drug-likeness (QED) is 0.423. The summed E-state index contributed by atoms with van der Waals surface area (Å²) < 4.78 is 43.0. The van der Waals surface area contributed by atoms with Gasteiger partial charge in [0.05, 0.1) is 17.6 Å². The molecule has 1 aromatic heterocycles. The van der Waals surface area contributed by atoms with Gasteiger partial charge in [0.15, 0.2) is 0 Å². The lowest BCUT2D eigenvalue weighted by molar-refractivity contribution is 0.0170. The van der Waals surface area contributed by atoms with Gasteiger partial charge in [-0.25, -0.2) is 18.2 Å². The van der Waals surface area contributed by atoms with Crippen molar-refractivity contribution in [1.82, 2.24) is 14.5 Å². The number of alkyl halides is 2. The fourth-order valence-corrected chi connectivity index (χ4v) is 4.93. The van der Waals surface area contributed by atoms with Crippen molar-refractivity contribution in [2.24, 2.45) is 13.0 Å². The highest BCUT2D eigenvalue weighted by Crippen LogP contribution is 2.30. The van der Waals surface area contributed by atoms with Crippen LogP contribution in [0.5, 0.6) is 0 Å². The van der Waals surface area contributed by atoms with E-state index in [0.29, 0.717) is 17.9 Å². The molecule has 32 heavy (non-hydrogen) atoms. The van der Waals surface area contributed by atoms with Gasteiger partial charge in [-0.05, 0) is 87.0 Å². The Hall–Kier alpha value is -2.34. The van der Waals surface area contributed by atoms with Gasteiger partial charge in [-0.1, -0.05) is 18.6 Å². The molecule has 0 aliphatic carbocycles. The standard InChI is InChI=1S/C26H32F3N3/c1-18-6-4-9-23-25(18)31(3)24(30-23)17-32-12-10-19(11-13-32)7-5-8-20-14-21(26(2,28)29)16-22(27)15-20/h4,6,9,14-16,19H,5,7-8,10-13,17H2,1-3H3. The molecule has 3 aromatic rings. The third-order valence-electron chi connectivity index (χ3n) is 6.80. The van der Waals surface area contributed by atoms with Gasteiger partial charge < -0.3 is 4.57 Å². The number of nitrogens with zero attached hydrogens (tertiary/aromatic N) is 3. The van der Waals surface area contributed by atoms with Crippen LogP contribution >= 0.6 is 0 Å². The van der Waals surface area contributed by atoms with Crippen LogP contribution in [0.2, 0.25) is 0 Å². The number of para-hydroxylation sites is 1. The van der Waals surface area contributed by atoms with Crippen molar-refractivity contribution in [1.29, 1.82) is 0 Å². The zero-order valence-electron chi connectivity index (χ0n) is 19.2. The number of benzene rings is 2. The van der Waals surface area contributed by atoms with Crippen molar-refractivity contribution >= 4 is 11.0 Å². The molecule has 0 atom stereocenters. The average molecular weight is 444 g/mol. The Labute approximate surface area is 188 Å². The maximum atomic E-state index is 13.7. The predicted molar refractivity (Wildman–Crippen MR) is 122 cm³/mol. The highest BCUT2D eigenvalue weighted by atomic mass is 19.3. The van der Waals surface area contributed by atoms with Crippen molar-refractivity contribution in [3.05, 3.63) is 64.7 Å². The lowest BCUT2D eigenvalue weighted by Crippen LogP contribution is -2.34. The molecule has 0 N–H and O–H groups in total. The van der Waals surface area contributed by atoms with Gasteiger partial charge in [-0.2, -0.15) is 0 Å². The first-order chi connectivity index (χ1) is 15.2. The Kier molecular flexibility index (Phi) is 6.61. The van der Waals surface area contributed by atoms with Crippen molar-refractivity contribution in [3.63, 3.8) is 0 Å². The fraction of sp³-hybridized carbons (Fsp3) is 0.500. The highest BCUT2D eigenvalue weighted by Gasteiger charge is 2.25. The van der Waals surface area contributed by atoms with E-state index in [0.717, 1.165) is 69.6 Å². The Bertz CT molecular complexity index is 1080. The van der Waals surface area contributed by atoms with E-state index in [4.69, 9.17) is 4.98 Å². The summed E-state index contributed by atoms with van der Waals surface area (Å²) in [5.74, 6) is -1.86. The summed E-state index contributed by atoms with van der Waals surface area (Å²) in [6.07, 6.45) is 4.84. The van der Waals surface area contributed by atoms with Crippen molar-refractivity contribution in [2.45, 2.75) is 58.4 Å². The van der Waals surface area contributed by atoms with Crippen LogP contribution < -0.4 is 0 Å². The minimum Gasteiger partial charge on any atom is -0.330 e. The van der Waals surface area contributed by atoms with E-state index in [1.54, 1.807) is 0 Å². The predicted octanol–water partition coefficient (Wildman–Crippen LogP) is 6.37. The van der Waals surface area contributed by atoms with Crippen LogP contribution in [0.4, 0.5) is 13.2 Å². The van der Waals surface area contributed by atoms with Gasteiger partial charge in [0.1, 0.15) is 11.6 Å². The molecule has 0 amide bonds. The van der Waals surface area contributed by atoms with Crippen LogP contribution in [0.15, 0.2) is 36.4 Å².